The van der Waals surface area contributed by atoms with Gasteiger partial charge in [0.15, 0.2) is 5.82 Å². The molecule has 0 fully saturated rings. The van der Waals surface area contributed by atoms with Gasteiger partial charge in [0.2, 0.25) is 0 Å². The highest BCUT2D eigenvalue weighted by Gasteiger charge is 2.31. The quantitative estimate of drug-likeness (QED) is 0.806. The van der Waals surface area contributed by atoms with Crippen molar-refractivity contribution in [3.8, 4) is 17.1 Å². The van der Waals surface area contributed by atoms with Gasteiger partial charge in [-0.1, -0.05) is 24.9 Å². The molecule has 0 aliphatic rings. The number of aliphatic hydroxyl groups is 1. The summed E-state index contributed by atoms with van der Waals surface area (Å²) in [5.74, 6) is -0.259. The van der Waals surface area contributed by atoms with Crippen molar-refractivity contribution >= 4 is 17.8 Å². The fourth-order valence-corrected chi connectivity index (χ4v) is 2.42. The molecule has 0 aliphatic carbocycles. The number of alkyl halides is 3. The first-order valence-electron chi connectivity index (χ1n) is 7.54. The Morgan fingerprint density at radius 3 is 2.72 bits per heavy atom. The van der Waals surface area contributed by atoms with Gasteiger partial charge in [0.25, 0.3) is 0 Å². The Hall–Kier alpha value is -2.06. The minimum atomic E-state index is -4.82. The highest BCUT2D eigenvalue weighted by atomic mass is 35.5. The first kappa shape index (κ1) is 19.3. The van der Waals surface area contributed by atoms with E-state index >= 15 is 0 Å². The SMILES string of the molecule is CCCC(=Cn1cnc(-c2cc(Cl)cc(OC(F)(F)F)c2)n1)C(C)O. The molecule has 0 radical (unpaired) electrons. The molecule has 1 atom stereocenters. The van der Waals surface area contributed by atoms with Crippen LogP contribution in [0.5, 0.6) is 5.75 Å². The van der Waals surface area contributed by atoms with E-state index in [0.29, 0.717) is 6.42 Å². The molecule has 2 rings (SSSR count). The molecule has 2 aromatic rings. The number of hydrogen-bond acceptors (Lipinski definition) is 4. The molecule has 1 heterocycles. The van der Waals surface area contributed by atoms with Crippen molar-refractivity contribution in [1.82, 2.24) is 14.8 Å². The molecular weight excluding hydrogens is 359 g/mol. The first-order chi connectivity index (χ1) is 11.7. The van der Waals surface area contributed by atoms with Crippen molar-refractivity contribution in [2.45, 2.75) is 39.2 Å². The van der Waals surface area contributed by atoms with Crippen LogP contribution in [0.4, 0.5) is 13.2 Å². The van der Waals surface area contributed by atoms with E-state index in [9.17, 15) is 18.3 Å². The lowest BCUT2D eigenvalue weighted by Gasteiger charge is -2.10. The van der Waals surface area contributed by atoms with Crippen molar-refractivity contribution in [3.05, 3.63) is 35.1 Å². The molecule has 1 aromatic carbocycles. The molecular formula is C16H17ClF3N3O2. The number of rotatable bonds is 6. The molecule has 0 saturated heterocycles. The maximum absolute atomic E-state index is 12.4. The minimum Gasteiger partial charge on any atom is -0.406 e. The van der Waals surface area contributed by atoms with Gasteiger partial charge in [0, 0.05) is 16.8 Å². The fourth-order valence-electron chi connectivity index (χ4n) is 2.19. The van der Waals surface area contributed by atoms with Crippen LogP contribution in [0.15, 0.2) is 30.1 Å². The maximum Gasteiger partial charge on any atom is 0.573 e. The number of hydrogen-bond donors (Lipinski definition) is 1. The summed E-state index contributed by atoms with van der Waals surface area (Å²) in [6.07, 6.45) is -0.867. The summed E-state index contributed by atoms with van der Waals surface area (Å²) in [6.45, 7) is 3.63. The average molecular weight is 376 g/mol. The highest BCUT2D eigenvalue weighted by Crippen LogP contribution is 2.30. The summed E-state index contributed by atoms with van der Waals surface area (Å²) in [5.41, 5.74) is 1.05. The number of aromatic nitrogens is 3. The molecule has 1 unspecified atom stereocenters. The first-order valence-corrected chi connectivity index (χ1v) is 7.92. The monoisotopic (exact) mass is 375 g/mol. The van der Waals surface area contributed by atoms with E-state index in [-0.39, 0.29) is 16.4 Å². The van der Waals surface area contributed by atoms with Crippen molar-refractivity contribution in [2.75, 3.05) is 0 Å². The van der Waals surface area contributed by atoms with Gasteiger partial charge in [0.1, 0.15) is 12.1 Å². The molecule has 0 aliphatic heterocycles. The topological polar surface area (TPSA) is 60.2 Å². The van der Waals surface area contributed by atoms with E-state index in [1.807, 2.05) is 6.92 Å². The Morgan fingerprint density at radius 2 is 2.12 bits per heavy atom. The Kier molecular flexibility index (Phi) is 6.07. The van der Waals surface area contributed by atoms with Gasteiger partial charge >= 0.3 is 6.36 Å². The molecule has 0 amide bonds. The van der Waals surface area contributed by atoms with Crippen molar-refractivity contribution in [2.24, 2.45) is 0 Å². The molecule has 5 nitrogen and oxygen atoms in total. The van der Waals surface area contributed by atoms with Crippen LogP contribution in [0.3, 0.4) is 0 Å². The molecule has 1 aromatic heterocycles. The van der Waals surface area contributed by atoms with Crippen LogP contribution in [0, 0.1) is 0 Å². The van der Waals surface area contributed by atoms with E-state index in [0.717, 1.165) is 24.1 Å². The summed E-state index contributed by atoms with van der Waals surface area (Å²) >= 11 is 5.85. The van der Waals surface area contributed by atoms with Gasteiger partial charge < -0.3 is 9.84 Å². The van der Waals surface area contributed by atoms with Crippen LogP contribution in [0.2, 0.25) is 5.02 Å². The molecule has 25 heavy (non-hydrogen) atoms. The second-order valence-electron chi connectivity index (χ2n) is 5.40. The zero-order valence-electron chi connectivity index (χ0n) is 13.6. The largest absolute Gasteiger partial charge is 0.573 e. The van der Waals surface area contributed by atoms with Crippen LogP contribution >= 0.6 is 11.6 Å². The summed E-state index contributed by atoms with van der Waals surface area (Å²) < 4.78 is 42.4. The normalized spacial score (nSPS) is 13.8. The van der Waals surface area contributed by atoms with Gasteiger partial charge in [0.05, 0.1) is 6.10 Å². The second-order valence-corrected chi connectivity index (χ2v) is 5.84. The van der Waals surface area contributed by atoms with Crippen molar-refractivity contribution in [1.29, 1.82) is 0 Å². The lowest BCUT2D eigenvalue weighted by molar-refractivity contribution is -0.274. The number of benzene rings is 1. The summed E-state index contributed by atoms with van der Waals surface area (Å²) in [6, 6.07) is 3.66. The molecule has 1 N–H and O–H groups in total. The van der Waals surface area contributed by atoms with Crippen LogP contribution in [-0.2, 0) is 0 Å². The molecule has 0 saturated carbocycles. The van der Waals surface area contributed by atoms with E-state index in [1.54, 1.807) is 13.1 Å². The summed E-state index contributed by atoms with van der Waals surface area (Å²) in [5, 5.41) is 14.0. The molecule has 0 spiro atoms. The maximum atomic E-state index is 12.4. The Balaban J connectivity index is 2.31. The Labute approximate surface area is 147 Å². The number of ether oxygens (including phenoxy) is 1. The Bertz CT molecular complexity index is 757. The summed E-state index contributed by atoms with van der Waals surface area (Å²) in [7, 11) is 0. The fraction of sp³-hybridized carbons (Fsp3) is 0.375. The van der Waals surface area contributed by atoms with Crippen LogP contribution in [-0.4, -0.2) is 32.3 Å². The van der Waals surface area contributed by atoms with E-state index < -0.39 is 18.2 Å². The van der Waals surface area contributed by atoms with Gasteiger partial charge in [-0.05, 0) is 37.1 Å². The minimum absolute atomic E-state index is 0.0688. The molecule has 0 bridgehead atoms. The predicted molar refractivity (Wildman–Crippen MR) is 88.0 cm³/mol. The van der Waals surface area contributed by atoms with Crippen LogP contribution in [0.1, 0.15) is 26.7 Å². The Morgan fingerprint density at radius 1 is 1.40 bits per heavy atom. The van der Waals surface area contributed by atoms with Crippen LogP contribution < -0.4 is 4.74 Å². The van der Waals surface area contributed by atoms with Crippen LogP contribution in [0.25, 0.3) is 17.6 Å². The predicted octanol–water partition coefficient (Wildman–Crippen LogP) is 4.52. The third-order valence-corrected chi connectivity index (χ3v) is 3.46. The second kappa shape index (κ2) is 7.88. The van der Waals surface area contributed by atoms with Gasteiger partial charge in [-0.15, -0.1) is 18.3 Å². The van der Waals surface area contributed by atoms with E-state index in [2.05, 4.69) is 14.8 Å². The van der Waals surface area contributed by atoms with Crippen molar-refractivity contribution < 1.29 is 23.0 Å². The number of aliphatic hydroxyl groups excluding tert-OH is 1. The molecule has 136 valence electrons. The lowest BCUT2D eigenvalue weighted by atomic mass is 10.1. The van der Waals surface area contributed by atoms with E-state index in [4.69, 9.17) is 11.6 Å². The number of nitrogens with zero attached hydrogens (tertiary/aromatic N) is 3. The van der Waals surface area contributed by atoms with Gasteiger partial charge in [-0.3, -0.25) is 0 Å². The average Bonchev–Trinajstić information content (AvgIpc) is 2.93. The molecule has 9 heteroatoms. The van der Waals surface area contributed by atoms with Gasteiger partial charge in [-0.25, -0.2) is 9.67 Å². The lowest BCUT2D eigenvalue weighted by Crippen LogP contribution is -2.17. The zero-order valence-corrected chi connectivity index (χ0v) is 14.3. The zero-order chi connectivity index (χ0) is 18.6. The van der Waals surface area contributed by atoms with E-state index in [1.165, 1.54) is 17.1 Å². The smallest absolute Gasteiger partial charge is 0.406 e. The number of halogens is 4. The third kappa shape index (κ3) is 5.75. The van der Waals surface area contributed by atoms with Crippen molar-refractivity contribution in [3.63, 3.8) is 0 Å². The standard InChI is InChI=1S/C16H17ClF3N3O2/c1-3-4-11(10(2)24)8-23-9-21-15(22-23)12-5-13(17)7-14(6-12)25-16(18,19)20/h5-10,24H,3-4H2,1-2H3. The highest BCUT2D eigenvalue weighted by molar-refractivity contribution is 6.31. The third-order valence-electron chi connectivity index (χ3n) is 3.24. The van der Waals surface area contributed by atoms with Gasteiger partial charge in [-0.2, -0.15) is 0 Å². The summed E-state index contributed by atoms with van der Waals surface area (Å²) in [4.78, 5) is 4.07.